The Morgan fingerprint density at radius 1 is 1.35 bits per heavy atom. The Balaban J connectivity index is 2.02. The Morgan fingerprint density at radius 2 is 2.04 bits per heavy atom. The van der Waals surface area contributed by atoms with Crippen molar-refractivity contribution in [3.63, 3.8) is 0 Å². The quantitative estimate of drug-likeness (QED) is 0.462. The van der Waals surface area contributed by atoms with Crippen LogP contribution in [0.25, 0.3) is 0 Å². The molecule has 7 nitrogen and oxygen atoms in total. The molecule has 1 atom stereocenters. The third-order valence-electron chi connectivity index (χ3n) is 3.38. The largest absolute Gasteiger partial charge is 0.347 e. The van der Waals surface area contributed by atoms with Gasteiger partial charge in [0, 0.05) is 11.4 Å². The van der Waals surface area contributed by atoms with Crippen molar-refractivity contribution in [1.82, 2.24) is 15.1 Å². The summed E-state index contributed by atoms with van der Waals surface area (Å²) >= 11 is 1.51. The third kappa shape index (κ3) is 3.48. The van der Waals surface area contributed by atoms with Crippen molar-refractivity contribution >= 4 is 35.1 Å². The van der Waals surface area contributed by atoms with Gasteiger partial charge in [-0.05, 0) is 17.9 Å². The van der Waals surface area contributed by atoms with Crippen LogP contribution in [0.3, 0.4) is 0 Å². The van der Waals surface area contributed by atoms with Gasteiger partial charge in [0.25, 0.3) is 0 Å². The van der Waals surface area contributed by atoms with Gasteiger partial charge in [-0.1, -0.05) is 19.1 Å². The molecule has 1 N–H and O–H groups in total. The Labute approximate surface area is 137 Å². The summed E-state index contributed by atoms with van der Waals surface area (Å²) < 4.78 is 0. The molecule has 2 rings (SSSR count). The van der Waals surface area contributed by atoms with E-state index < -0.39 is 30.3 Å². The fourth-order valence-electron chi connectivity index (χ4n) is 2.23. The first-order valence-corrected chi connectivity index (χ1v) is 7.98. The van der Waals surface area contributed by atoms with Gasteiger partial charge in [0.15, 0.2) is 0 Å². The molecule has 0 spiro atoms. The van der Waals surface area contributed by atoms with E-state index in [2.05, 4.69) is 11.9 Å². The van der Waals surface area contributed by atoms with Gasteiger partial charge in [0.05, 0.1) is 6.04 Å². The van der Waals surface area contributed by atoms with Crippen LogP contribution in [0.4, 0.5) is 4.79 Å². The Morgan fingerprint density at radius 3 is 2.61 bits per heavy atom. The number of amides is 5. The summed E-state index contributed by atoms with van der Waals surface area (Å²) in [5.74, 6) is -2.41. The summed E-state index contributed by atoms with van der Waals surface area (Å²) in [5.41, 5.74) is 0. The number of imide groups is 2. The van der Waals surface area contributed by atoms with E-state index in [0.29, 0.717) is 11.3 Å². The number of carbonyl (C=O) groups excluding carboxylic acids is 4. The van der Waals surface area contributed by atoms with E-state index in [1.807, 2.05) is 24.4 Å². The molecule has 1 fully saturated rings. The topological polar surface area (TPSA) is 86.8 Å². The first kappa shape index (κ1) is 16.9. The lowest BCUT2D eigenvalue weighted by molar-refractivity contribution is -0.143. The Kier molecular flexibility index (Phi) is 5.28. The first-order valence-electron chi connectivity index (χ1n) is 7.10. The van der Waals surface area contributed by atoms with Gasteiger partial charge < -0.3 is 5.32 Å². The van der Waals surface area contributed by atoms with E-state index in [-0.39, 0.29) is 12.6 Å². The van der Waals surface area contributed by atoms with Crippen LogP contribution in [0.2, 0.25) is 0 Å². The summed E-state index contributed by atoms with van der Waals surface area (Å²) in [5, 5.41) is 4.68. The second-order valence-corrected chi connectivity index (χ2v) is 5.90. The molecule has 0 aromatic carbocycles. The second-order valence-electron chi connectivity index (χ2n) is 4.92. The van der Waals surface area contributed by atoms with Crippen LogP contribution < -0.4 is 5.32 Å². The van der Waals surface area contributed by atoms with Gasteiger partial charge in [-0.2, -0.15) is 0 Å². The molecule has 0 radical (unpaired) electrons. The number of urea groups is 1. The van der Waals surface area contributed by atoms with E-state index in [0.717, 1.165) is 9.78 Å². The van der Waals surface area contributed by atoms with Crippen LogP contribution in [-0.2, 0) is 14.4 Å². The minimum Gasteiger partial charge on any atom is -0.347 e. The number of carbonyl (C=O) groups is 4. The normalized spacial score (nSPS) is 16.0. The molecule has 23 heavy (non-hydrogen) atoms. The average Bonchev–Trinajstić information content (AvgIpc) is 3.13. The number of nitrogens with zero attached hydrogens (tertiary/aromatic N) is 2. The third-order valence-corrected chi connectivity index (χ3v) is 4.36. The Hall–Kier alpha value is -2.48. The maximum absolute atomic E-state index is 12.1. The van der Waals surface area contributed by atoms with E-state index in [9.17, 15) is 19.2 Å². The lowest BCUT2D eigenvalue weighted by Gasteiger charge is -2.18. The molecule has 5 amide bonds. The lowest BCUT2D eigenvalue weighted by Crippen LogP contribution is -2.42. The highest BCUT2D eigenvalue weighted by molar-refractivity contribution is 7.10. The smallest absolute Gasteiger partial charge is 0.335 e. The van der Waals surface area contributed by atoms with Crippen molar-refractivity contribution in [2.75, 3.05) is 13.1 Å². The number of rotatable bonds is 7. The molecule has 0 saturated carbocycles. The number of thiophene rings is 1. The summed E-state index contributed by atoms with van der Waals surface area (Å²) in [4.78, 5) is 50.1. The maximum atomic E-state index is 12.1. The molecular weight excluding hydrogens is 318 g/mol. The average molecular weight is 335 g/mol. The lowest BCUT2D eigenvalue weighted by atomic mass is 10.2. The molecule has 1 aromatic rings. The Bertz CT molecular complexity index is 641. The fourth-order valence-corrected chi connectivity index (χ4v) is 3.09. The van der Waals surface area contributed by atoms with Crippen molar-refractivity contribution in [2.45, 2.75) is 19.4 Å². The fraction of sp³-hybridized carbons (Fsp3) is 0.333. The van der Waals surface area contributed by atoms with Crippen molar-refractivity contribution in [3.05, 3.63) is 35.0 Å². The molecule has 1 aliphatic heterocycles. The van der Waals surface area contributed by atoms with E-state index in [1.54, 1.807) is 0 Å². The molecular formula is C15H17N3O4S. The van der Waals surface area contributed by atoms with E-state index in [1.165, 1.54) is 17.4 Å². The van der Waals surface area contributed by atoms with Crippen LogP contribution in [-0.4, -0.2) is 46.6 Å². The molecule has 8 heteroatoms. The van der Waals surface area contributed by atoms with Crippen LogP contribution >= 0.6 is 11.3 Å². The summed E-state index contributed by atoms with van der Waals surface area (Å²) in [6, 6.07) is 2.81. The van der Waals surface area contributed by atoms with E-state index in [4.69, 9.17) is 0 Å². The van der Waals surface area contributed by atoms with Crippen molar-refractivity contribution in [2.24, 2.45) is 0 Å². The van der Waals surface area contributed by atoms with Gasteiger partial charge in [-0.3, -0.25) is 19.3 Å². The molecule has 0 unspecified atom stereocenters. The predicted octanol–water partition coefficient (Wildman–Crippen LogP) is 1.29. The van der Waals surface area contributed by atoms with Crippen LogP contribution in [0.5, 0.6) is 0 Å². The monoisotopic (exact) mass is 335 g/mol. The molecule has 0 bridgehead atoms. The zero-order valence-electron chi connectivity index (χ0n) is 12.7. The second kappa shape index (κ2) is 7.19. The van der Waals surface area contributed by atoms with Crippen LogP contribution in [0.1, 0.15) is 24.3 Å². The summed E-state index contributed by atoms with van der Waals surface area (Å²) in [6.45, 7) is 4.82. The number of hydrogen-bond acceptors (Lipinski definition) is 5. The maximum Gasteiger partial charge on any atom is 0.335 e. The highest BCUT2D eigenvalue weighted by atomic mass is 32.1. The standard InChI is InChI=1S/C15H17N3O4S/c1-3-7-17-13(20)14(21)18(15(17)22)9-12(19)16-10(4-2)11-6-5-8-23-11/h3,5-6,8,10H,1,4,7,9H2,2H3,(H,16,19)/t10-/m1/s1. The summed E-state index contributed by atoms with van der Waals surface area (Å²) in [7, 11) is 0. The SMILES string of the molecule is C=CCN1C(=O)C(=O)N(CC(=O)N[C@H](CC)c2cccs2)C1=O. The molecule has 122 valence electrons. The highest BCUT2D eigenvalue weighted by Gasteiger charge is 2.44. The molecule has 1 aliphatic rings. The van der Waals surface area contributed by atoms with Crippen molar-refractivity contribution in [1.29, 1.82) is 0 Å². The minimum atomic E-state index is -0.990. The summed E-state index contributed by atoms with van der Waals surface area (Å²) in [6.07, 6.45) is 2.02. The number of hydrogen-bond donors (Lipinski definition) is 1. The van der Waals surface area contributed by atoms with Gasteiger partial charge in [0.1, 0.15) is 6.54 Å². The van der Waals surface area contributed by atoms with Crippen molar-refractivity contribution < 1.29 is 19.2 Å². The van der Waals surface area contributed by atoms with Gasteiger partial charge in [-0.25, -0.2) is 9.69 Å². The highest BCUT2D eigenvalue weighted by Crippen LogP contribution is 2.21. The molecule has 1 aromatic heterocycles. The zero-order chi connectivity index (χ0) is 17.0. The first-order chi connectivity index (χ1) is 11.0. The predicted molar refractivity (Wildman–Crippen MR) is 84.5 cm³/mol. The van der Waals surface area contributed by atoms with Gasteiger partial charge in [0.2, 0.25) is 5.91 Å². The minimum absolute atomic E-state index is 0.0612. The van der Waals surface area contributed by atoms with Gasteiger partial charge >= 0.3 is 17.8 Å². The van der Waals surface area contributed by atoms with E-state index >= 15 is 0 Å². The van der Waals surface area contributed by atoms with Gasteiger partial charge in [-0.15, -0.1) is 17.9 Å². The molecule has 2 heterocycles. The van der Waals surface area contributed by atoms with Crippen molar-refractivity contribution in [3.8, 4) is 0 Å². The molecule has 1 saturated heterocycles. The zero-order valence-corrected chi connectivity index (χ0v) is 13.5. The van der Waals surface area contributed by atoms with Crippen LogP contribution in [0.15, 0.2) is 30.2 Å². The number of nitrogens with one attached hydrogen (secondary N) is 1. The van der Waals surface area contributed by atoms with Crippen LogP contribution in [0, 0.1) is 0 Å². The molecule has 0 aliphatic carbocycles.